The molecule has 0 bridgehead atoms. The van der Waals surface area contributed by atoms with Crippen LogP contribution >= 0.6 is 0 Å². The van der Waals surface area contributed by atoms with E-state index in [9.17, 15) is 4.79 Å². The largest absolute Gasteiger partial charge is 0.493 e. The van der Waals surface area contributed by atoms with E-state index in [0.717, 1.165) is 0 Å². The molecule has 0 aliphatic rings. The molecule has 0 rings (SSSR count). The maximum Gasteiger partial charge on any atom is 0.323 e. The summed E-state index contributed by atoms with van der Waals surface area (Å²) in [6, 6.07) is 1.88. The average Bonchev–Trinajstić information content (AvgIpc) is 2.22. The number of esters is 1. The van der Waals surface area contributed by atoms with Gasteiger partial charge in [-0.05, 0) is 12.8 Å². The first kappa shape index (κ1) is 12.3. The van der Waals surface area contributed by atoms with Crippen LogP contribution in [0.3, 0.4) is 0 Å². The predicted molar refractivity (Wildman–Crippen MR) is 50.0 cm³/mol. The van der Waals surface area contributed by atoms with Crippen molar-refractivity contribution in [1.29, 1.82) is 5.26 Å². The zero-order valence-corrected chi connectivity index (χ0v) is 8.16. The molecule has 0 aromatic heterocycles. The molecule has 0 aromatic carbocycles. The molecule has 1 atom stereocenters. The Morgan fingerprint density at radius 3 is 2.93 bits per heavy atom. The average molecular weight is 195 g/mol. The Hall–Kier alpha value is -1.72. The van der Waals surface area contributed by atoms with Crippen LogP contribution in [0.1, 0.15) is 12.8 Å². The highest BCUT2D eigenvalue weighted by atomic mass is 16.5. The molecule has 0 aromatic rings. The standard InChI is InChI=1S/C10H13NO3/c1-3-6-14-7-4-5-9(8-11)10(12)13-2/h6,9H,1,4-5,7H2,2H3. The summed E-state index contributed by atoms with van der Waals surface area (Å²) in [5.74, 6) is -1.19. The van der Waals surface area contributed by atoms with Crippen LogP contribution in [-0.2, 0) is 14.3 Å². The van der Waals surface area contributed by atoms with E-state index in [-0.39, 0.29) is 0 Å². The van der Waals surface area contributed by atoms with E-state index < -0.39 is 11.9 Å². The monoisotopic (exact) mass is 195 g/mol. The normalized spacial score (nSPS) is 10.6. The van der Waals surface area contributed by atoms with Crippen LogP contribution in [0, 0.1) is 17.2 Å². The third-order valence-corrected chi connectivity index (χ3v) is 1.56. The van der Waals surface area contributed by atoms with Crippen molar-refractivity contribution < 1.29 is 14.3 Å². The second kappa shape index (κ2) is 7.90. The van der Waals surface area contributed by atoms with Crippen LogP contribution in [0.2, 0.25) is 0 Å². The van der Waals surface area contributed by atoms with E-state index >= 15 is 0 Å². The Morgan fingerprint density at radius 2 is 2.43 bits per heavy atom. The van der Waals surface area contributed by atoms with E-state index in [1.54, 1.807) is 0 Å². The van der Waals surface area contributed by atoms with Crippen molar-refractivity contribution in [3.05, 3.63) is 18.6 Å². The Labute approximate surface area is 83.4 Å². The number of hydrogen-bond acceptors (Lipinski definition) is 4. The van der Waals surface area contributed by atoms with Gasteiger partial charge >= 0.3 is 5.97 Å². The molecule has 0 fully saturated rings. The molecule has 76 valence electrons. The first-order valence-corrected chi connectivity index (χ1v) is 4.19. The van der Waals surface area contributed by atoms with E-state index in [2.05, 4.69) is 17.0 Å². The maximum absolute atomic E-state index is 10.9. The van der Waals surface area contributed by atoms with E-state index in [1.807, 2.05) is 6.07 Å². The van der Waals surface area contributed by atoms with Gasteiger partial charge in [0.1, 0.15) is 12.2 Å². The Morgan fingerprint density at radius 1 is 1.71 bits per heavy atom. The van der Waals surface area contributed by atoms with Crippen molar-refractivity contribution in [2.45, 2.75) is 12.8 Å². The fourth-order valence-corrected chi connectivity index (χ4v) is 0.866. The molecular weight excluding hydrogens is 182 g/mol. The molecule has 0 spiro atoms. The third-order valence-electron chi connectivity index (χ3n) is 1.56. The zero-order valence-electron chi connectivity index (χ0n) is 8.16. The van der Waals surface area contributed by atoms with Crippen molar-refractivity contribution in [2.75, 3.05) is 13.7 Å². The first-order chi connectivity index (χ1) is 6.76. The molecule has 0 heterocycles. The van der Waals surface area contributed by atoms with Gasteiger partial charge in [-0.3, -0.25) is 4.79 Å². The Bertz CT molecular complexity index is 261. The molecule has 0 radical (unpaired) electrons. The van der Waals surface area contributed by atoms with Gasteiger partial charge in [0.25, 0.3) is 0 Å². The van der Waals surface area contributed by atoms with Gasteiger partial charge in [-0.2, -0.15) is 5.26 Å². The second-order valence-electron chi connectivity index (χ2n) is 2.54. The van der Waals surface area contributed by atoms with Gasteiger partial charge in [-0.25, -0.2) is 0 Å². The molecule has 0 aliphatic carbocycles. The molecule has 0 aliphatic heterocycles. The predicted octanol–water partition coefficient (Wildman–Crippen LogP) is 1.39. The lowest BCUT2D eigenvalue weighted by Crippen LogP contribution is -2.14. The third kappa shape index (κ3) is 5.02. The van der Waals surface area contributed by atoms with Crippen molar-refractivity contribution in [3.8, 4) is 6.07 Å². The molecule has 4 nitrogen and oxygen atoms in total. The highest BCUT2D eigenvalue weighted by Gasteiger charge is 2.17. The van der Waals surface area contributed by atoms with Gasteiger partial charge in [0, 0.05) is 0 Å². The van der Waals surface area contributed by atoms with E-state index in [0.29, 0.717) is 19.4 Å². The highest BCUT2D eigenvalue weighted by molar-refractivity contribution is 5.74. The summed E-state index contributed by atoms with van der Waals surface area (Å²) in [7, 11) is 1.27. The number of ether oxygens (including phenoxy) is 2. The molecule has 1 unspecified atom stereocenters. The summed E-state index contributed by atoms with van der Waals surface area (Å²) >= 11 is 0. The second-order valence-corrected chi connectivity index (χ2v) is 2.54. The van der Waals surface area contributed by atoms with E-state index in [4.69, 9.17) is 10.00 Å². The minimum Gasteiger partial charge on any atom is -0.493 e. The summed E-state index contributed by atoms with van der Waals surface area (Å²) in [6.45, 7) is 3.76. The lowest BCUT2D eigenvalue weighted by molar-refractivity contribution is -0.143. The summed E-state index contributed by atoms with van der Waals surface area (Å²) in [5, 5.41) is 8.61. The van der Waals surface area contributed by atoms with Crippen molar-refractivity contribution in [2.24, 2.45) is 5.92 Å². The Kier molecular flexibility index (Phi) is 6.93. The van der Waals surface area contributed by atoms with Crippen LogP contribution in [0.4, 0.5) is 0 Å². The molecule has 0 saturated carbocycles. The molecule has 0 saturated heterocycles. The smallest absolute Gasteiger partial charge is 0.323 e. The minimum atomic E-state index is -0.698. The topological polar surface area (TPSA) is 59.3 Å². The summed E-state index contributed by atoms with van der Waals surface area (Å²) in [6.07, 6.45) is 2.40. The molecule has 14 heavy (non-hydrogen) atoms. The maximum atomic E-state index is 10.9. The van der Waals surface area contributed by atoms with Crippen molar-refractivity contribution in [1.82, 2.24) is 0 Å². The number of methoxy groups -OCH3 is 1. The fraction of sp³-hybridized carbons (Fsp3) is 0.500. The summed E-state index contributed by atoms with van der Waals surface area (Å²) in [4.78, 5) is 10.9. The first-order valence-electron chi connectivity index (χ1n) is 4.19. The number of nitrogens with zero attached hydrogens (tertiary/aromatic N) is 1. The number of carbonyl (C=O) groups excluding carboxylic acids is 1. The van der Waals surface area contributed by atoms with Crippen LogP contribution < -0.4 is 0 Å². The summed E-state index contributed by atoms with van der Waals surface area (Å²) < 4.78 is 9.38. The Balaban J connectivity index is 3.69. The quantitative estimate of drug-likeness (QED) is 0.278. The van der Waals surface area contributed by atoms with Crippen molar-refractivity contribution >= 4 is 5.97 Å². The summed E-state index contributed by atoms with van der Waals surface area (Å²) in [5.41, 5.74) is 2.45. The molecule has 0 amide bonds. The van der Waals surface area contributed by atoms with Gasteiger partial charge in [-0.15, -0.1) is 0 Å². The van der Waals surface area contributed by atoms with Gasteiger partial charge in [0.15, 0.2) is 0 Å². The SMILES string of the molecule is C=C=COCCCC(C#N)C(=O)OC. The number of hydrogen-bond donors (Lipinski definition) is 0. The van der Waals surface area contributed by atoms with Gasteiger partial charge in [0.05, 0.1) is 19.8 Å². The van der Waals surface area contributed by atoms with Crippen LogP contribution in [0.5, 0.6) is 0 Å². The van der Waals surface area contributed by atoms with Crippen molar-refractivity contribution in [3.63, 3.8) is 0 Å². The van der Waals surface area contributed by atoms with Gasteiger partial charge < -0.3 is 9.47 Å². The fourth-order valence-electron chi connectivity index (χ4n) is 0.866. The number of rotatable bonds is 6. The minimum absolute atomic E-state index is 0.439. The van der Waals surface area contributed by atoms with Crippen LogP contribution in [-0.4, -0.2) is 19.7 Å². The van der Waals surface area contributed by atoms with Gasteiger partial charge in [0.2, 0.25) is 0 Å². The van der Waals surface area contributed by atoms with Crippen LogP contribution in [0.15, 0.2) is 18.6 Å². The zero-order chi connectivity index (χ0) is 10.8. The lowest BCUT2D eigenvalue weighted by Gasteiger charge is -2.05. The molecule has 4 heteroatoms. The van der Waals surface area contributed by atoms with Gasteiger partial charge in [-0.1, -0.05) is 12.3 Å². The number of carbonyl (C=O) groups is 1. The van der Waals surface area contributed by atoms with Crippen LogP contribution in [0.25, 0.3) is 0 Å². The molecule has 0 N–H and O–H groups in total. The highest BCUT2D eigenvalue weighted by Crippen LogP contribution is 2.07. The molecular formula is C10H13NO3. The number of nitriles is 1. The van der Waals surface area contributed by atoms with E-state index in [1.165, 1.54) is 13.4 Å². The lowest BCUT2D eigenvalue weighted by atomic mass is 10.1.